The molecule has 1 aromatic heterocycles. The summed E-state index contributed by atoms with van der Waals surface area (Å²) >= 11 is 0. The van der Waals surface area contributed by atoms with E-state index in [4.69, 9.17) is 0 Å². The molecule has 0 bridgehead atoms. The van der Waals surface area contributed by atoms with E-state index in [0.717, 1.165) is 18.7 Å². The quantitative estimate of drug-likeness (QED) is 0.611. The molecule has 24 heavy (non-hydrogen) atoms. The smallest absolute Gasteiger partial charge is 0.246 e. The normalized spacial score (nSPS) is 22.0. The lowest BCUT2D eigenvalue weighted by atomic mass is 10.1. The first-order valence-electron chi connectivity index (χ1n) is 8.59. The Hall–Kier alpha value is -1.95. The minimum Gasteiger partial charge on any atom is -0.330 e. The molecule has 6 nitrogen and oxygen atoms in total. The van der Waals surface area contributed by atoms with Gasteiger partial charge in [-0.25, -0.2) is 4.98 Å². The van der Waals surface area contributed by atoms with Gasteiger partial charge in [-0.15, -0.1) is 0 Å². The van der Waals surface area contributed by atoms with E-state index in [-0.39, 0.29) is 23.8 Å². The summed E-state index contributed by atoms with van der Waals surface area (Å²) in [7, 11) is 3.98. The van der Waals surface area contributed by atoms with Crippen LogP contribution in [0.3, 0.4) is 0 Å². The van der Waals surface area contributed by atoms with Gasteiger partial charge >= 0.3 is 0 Å². The van der Waals surface area contributed by atoms with Gasteiger partial charge < -0.3 is 14.4 Å². The van der Waals surface area contributed by atoms with E-state index in [1.807, 2.05) is 25.1 Å². The van der Waals surface area contributed by atoms with Crippen LogP contribution in [0.4, 0.5) is 0 Å². The number of rotatable bonds is 5. The lowest BCUT2D eigenvalue weighted by Crippen LogP contribution is -2.42. The van der Waals surface area contributed by atoms with Crippen LogP contribution in [-0.2, 0) is 11.3 Å². The lowest BCUT2D eigenvalue weighted by Gasteiger charge is -2.34. The molecule has 0 N–H and O–H groups in total. The van der Waals surface area contributed by atoms with Gasteiger partial charge in [-0.3, -0.25) is 9.59 Å². The topological polar surface area (TPSA) is 58.4 Å². The van der Waals surface area contributed by atoms with E-state index in [0.29, 0.717) is 24.7 Å². The molecule has 130 valence electrons. The minimum absolute atomic E-state index is 0.0213. The molecule has 0 spiro atoms. The fourth-order valence-corrected chi connectivity index (χ4v) is 3.20. The van der Waals surface area contributed by atoms with Crippen LogP contribution < -0.4 is 0 Å². The molecule has 2 unspecified atom stereocenters. The van der Waals surface area contributed by atoms with Crippen LogP contribution in [0, 0.1) is 5.92 Å². The zero-order valence-corrected chi connectivity index (χ0v) is 14.9. The molecule has 2 aliphatic rings. The molecule has 6 heteroatoms. The summed E-state index contributed by atoms with van der Waals surface area (Å²) in [6.45, 7) is 4.76. The van der Waals surface area contributed by atoms with Gasteiger partial charge in [-0.1, -0.05) is 6.08 Å². The molecule has 2 atom stereocenters. The second-order valence-corrected chi connectivity index (χ2v) is 7.17. The molecule has 3 rings (SSSR count). The molecule has 0 radical (unpaired) electrons. The van der Waals surface area contributed by atoms with Crippen molar-refractivity contribution in [3.05, 3.63) is 29.9 Å². The maximum atomic E-state index is 12.6. The summed E-state index contributed by atoms with van der Waals surface area (Å²) in [5.41, 5.74) is 0.672. The fraction of sp³-hybridized carbons (Fsp3) is 0.611. The van der Waals surface area contributed by atoms with Gasteiger partial charge in [0.2, 0.25) is 5.91 Å². The Labute approximate surface area is 143 Å². The summed E-state index contributed by atoms with van der Waals surface area (Å²) in [6, 6.07) is 0.392. The van der Waals surface area contributed by atoms with Crippen LogP contribution in [0.1, 0.15) is 49.0 Å². The molecule has 1 aromatic rings. The Morgan fingerprint density at radius 3 is 2.67 bits per heavy atom. The number of carbonyl (C=O) groups is 2. The van der Waals surface area contributed by atoms with Crippen molar-refractivity contribution in [2.75, 3.05) is 20.6 Å². The third-order valence-electron chi connectivity index (χ3n) is 5.12. The number of carbonyl (C=O) groups excluding carboxylic acids is 2. The Bertz CT molecular complexity index is 673. The summed E-state index contributed by atoms with van der Waals surface area (Å²) in [5, 5.41) is 0. The third-order valence-corrected chi connectivity index (χ3v) is 5.12. The fourth-order valence-electron chi connectivity index (χ4n) is 3.20. The highest BCUT2D eigenvalue weighted by molar-refractivity contribution is 5.92. The largest absolute Gasteiger partial charge is 0.330 e. The van der Waals surface area contributed by atoms with E-state index in [2.05, 4.69) is 21.4 Å². The molecular formula is C18H26N4O2. The van der Waals surface area contributed by atoms with Crippen molar-refractivity contribution in [2.24, 2.45) is 5.92 Å². The first-order chi connectivity index (χ1) is 11.4. The second kappa shape index (κ2) is 6.51. The van der Waals surface area contributed by atoms with Gasteiger partial charge in [0.25, 0.3) is 0 Å². The van der Waals surface area contributed by atoms with Gasteiger partial charge in [0, 0.05) is 25.6 Å². The highest BCUT2D eigenvalue weighted by Crippen LogP contribution is 2.43. The van der Waals surface area contributed by atoms with Crippen molar-refractivity contribution in [3.63, 3.8) is 0 Å². The number of likely N-dealkylation sites (N-methyl/N-ethyl adjacent to an activating group) is 1. The number of amides is 1. The molecule has 0 saturated heterocycles. The van der Waals surface area contributed by atoms with Crippen molar-refractivity contribution in [3.8, 4) is 0 Å². The number of aromatic nitrogens is 2. The monoisotopic (exact) mass is 330 g/mol. The zero-order chi connectivity index (χ0) is 17.4. The number of nitrogens with zero attached hydrogens (tertiary/aromatic N) is 4. The molecule has 0 aromatic carbocycles. The predicted octanol–water partition coefficient (Wildman–Crippen LogP) is 1.89. The van der Waals surface area contributed by atoms with Gasteiger partial charge in [0.15, 0.2) is 5.78 Å². The van der Waals surface area contributed by atoms with Crippen molar-refractivity contribution >= 4 is 11.7 Å². The average Bonchev–Trinajstić information content (AvgIpc) is 3.29. The summed E-state index contributed by atoms with van der Waals surface area (Å²) in [5.74, 6) is 1.44. The summed E-state index contributed by atoms with van der Waals surface area (Å²) < 4.78 is 2.08. The van der Waals surface area contributed by atoms with E-state index >= 15 is 0 Å². The Morgan fingerprint density at radius 2 is 2.08 bits per heavy atom. The number of Topliss-reactive ketones (excluding diaryl/α,β-unsaturated/α-hetero) is 1. The van der Waals surface area contributed by atoms with Crippen molar-refractivity contribution in [2.45, 2.75) is 45.3 Å². The van der Waals surface area contributed by atoms with Crippen LogP contribution in [0.15, 0.2) is 18.3 Å². The summed E-state index contributed by atoms with van der Waals surface area (Å²) in [4.78, 5) is 32.8. The van der Waals surface area contributed by atoms with Crippen molar-refractivity contribution < 1.29 is 9.59 Å². The second-order valence-electron chi connectivity index (χ2n) is 7.17. The maximum absolute atomic E-state index is 12.6. The van der Waals surface area contributed by atoms with Crippen LogP contribution in [0.2, 0.25) is 0 Å². The first kappa shape index (κ1) is 16.9. The number of ketones is 1. The highest BCUT2D eigenvalue weighted by atomic mass is 16.2. The van der Waals surface area contributed by atoms with Gasteiger partial charge in [0.05, 0.1) is 18.8 Å². The van der Waals surface area contributed by atoms with Crippen LogP contribution >= 0.6 is 0 Å². The number of hydrogen-bond donors (Lipinski definition) is 0. The van der Waals surface area contributed by atoms with Gasteiger partial charge in [0.1, 0.15) is 11.5 Å². The molecule has 1 fully saturated rings. The number of hydrogen-bond acceptors (Lipinski definition) is 4. The molecule has 1 saturated carbocycles. The van der Waals surface area contributed by atoms with E-state index in [9.17, 15) is 9.59 Å². The van der Waals surface area contributed by atoms with E-state index in [1.165, 1.54) is 0 Å². The Morgan fingerprint density at radius 1 is 1.38 bits per heavy atom. The molecule has 1 aliphatic heterocycles. The summed E-state index contributed by atoms with van der Waals surface area (Å²) in [6.07, 6.45) is 7.57. The molecule has 1 aliphatic carbocycles. The average molecular weight is 330 g/mol. The predicted molar refractivity (Wildman–Crippen MR) is 91.7 cm³/mol. The van der Waals surface area contributed by atoms with Crippen LogP contribution in [0.5, 0.6) is 0 Å². The highest BCUT2D eigenvalue weighted by Gasteiger charge is 2.40. The minimum atomic E-state index is 0.0213. The van der Waals surface area contributed by atoms with Crippen molar-refractivity contribution in [1.29, 1.82) is 0 Å². The van der Waals surface area contributed by atoms with E-state index < -0.39 is 0 Å². The maximum Gasteiger partial charge on any atom is 0.246 e. The Balaban J connectivity index is 1.80. The number of imidazole rings is 1. The van der Waals surface area contributed by atoms with Gasteiger partial charge in [-0.05, 0) is 39.8 Å². The Kier molecular flexibility index (Phi) is 4.58. The molecular weight excluding hydrogens is 304 g/mol. The zero-order valence-electron chi connectivity index (χ0n) is 14.9. The SMILES string of the molecule is CC(=O)c1cnc2n1C(C1CC1)CN(C(=O)/C=C/C(C)N(C)C)C2. The number of fused-ring (bicyclic) bond motifs is 1. The van der Waals surface area contributed by atoms with Crippen LogP contribution in [-0.4, -0.2) is 57.7 Å². The third kappa shape index (κ3) is 3.29. The van der Waals surface area contributed by atoms with E-state index in [1.54, 1.807) is 19.2 Å². The van der Waals surface area contributed by atoms with Crippen molar-refractivity contribution in [1.82, 2.24) is 19.4 Å². The molecule has 1 amide bonds. The van der Waals surface area contributed by atoms with Gasteiger partial charge in [-0.2, -0.15) is 0 Å². The standard InChI is InChI=1S/C18H26N4O2/c1-12(20(3)4)5-8-18(24)21-10-16(14-6-7-14)22-15(13(2)23)9-19-17(22)11-21/h5,8-9,12,14,16H,6-7,10-11H2,1-4H3/b8-5+. The molecule has 2 heterocycles. The first-order valence-corrected chi connectivity index (χ1v) is 8.59. The van der Waals surface area contributed by atoms with Crippen LogP contribution in [0.25, 0.3) is 0 Å². The lowest BCUT2D eigenvalue weighted by molar-refractivity contribution is -0.128.